The highest BCUT2D eigenvalue weighted by Crippen LogP contribution is 2.29. The Hall–Kier alpha value is -1.80. The van der Waals surface area contributed by atoms with Crippen molar-refractivity contribution in [2.75, 3.05) is 13.1 Å². The molecule has 0 unspecified atom stereocenters. The maximum absolute atomic E-state index is 12.2. The van der Waals surface area contributed by atoms with Crippen molar-refractivity contribution in [3.63, 3.8) is 0 Å². The Morgan fingerprint density at radius 2 is 2.44 bits per heavy atom. The predicted octanol–water partition coefficient (Wildman–Crippen LogP) is 1.54. The van der Waals surface area contributed by atoms with E-state index in [1.54, 1.807) is 17.0 Å². The fraction of sp³-hybridized carbons (Fsp3) is 0.538. The van der Waals surface area contributed by atoms with E-state index in [-0.39, 0.29) is 18.3 Å². The molecule has 1 aromatic heterocycles. The maximum Gasteiger partial charge on any atom is 0.289 e. The van der Waals surface area contributed by atoms with Gasteiger partial charge in [-0.05, 0) is 31.9 Å². The van der Waals surface area contributed by atoms with Gasteiger partial charge in [0, 0.05) is 13.1 Å². The Labute approximate surface area is 106 Å². The summed E-state index contributed by atoms with van der Waals surface area (Å²) in [6.07, 6.45) is 1.64. The highest BCUT2D eigenvalue weighted by Gasteiger charge is 2.34. The highest BCUT2D eigenvalue weighted by atomic mass is 16.4. The lowest BCUT2D eigenvalue weighted by Crippen LogP contribution is -2.44. The van der Waals surface area contributed by atoms with Crippen LogP contribution in [-0.4, -0.2) is 29.0 Å². The lowest BCUT2D eigenvalue weighted by atomic mass is 9.83. The van der Waals surface area contributed by atoms with Gasteiger partial charge < -0.3 is 14.4 Å². The van der Waals surface area contributed by atoms with Crippen LogP contribution >= 0.6 is 0 Å². The molecule has 0 radical (unpaired) electrons. The number of nitrogens with zero attached hydrogens (tertiary/aromatic N) is 2. The van der Waals surface area contributed by atoms with E-state index in [0.717, 1.165) is 12.8 Å². The number of carbonyl (C=O) groups is 1. The van der Waals surface area contributed by atoms with Crippen LogP contribution in [0.25, 0.3) is 0 Å². The van der Waals surface area contributed by atoms with Gasteiger partial charge in [0.1, 0.15) is 12.4 Å². The molecule has 5 nitrogen and oxygen atoms in total. The summed E-state index contributed by atoms with van der Waals surface area (Å²) in [5, 5.41) is 18.0. The molecule has 96 valence electrons. The van der Waals surface area contributed by atoms with Crippen LogP contribution in [0.4, 0.5) is 0 Å². The first kappa shape index (κ1) is 12.7. The number of aliphatic hydroxyl groups is 1. The van der Waals surface area contributed by atoms with Gasteiger partial charge in [0.05, 0.1) is 11.5 Å². The number of aliphatic hydroxyl groups excluding tert-OH is 1. The Morgan fingerprint density at radius 3 is 3.06 bits per heavy atom. The zero-order chi connectivity index (χ0) is 13.2. The fourth-order valence-electron chi connectivity index (χ4n) is 2.24. The van der Waals surface area contributed by atoms with Crippen molar-refractivity contribution in [3.8, 4) is 6.07 Å². The summed E-state index contributed by atoms with van der Waals surface area (Å²) in [6.45, 7) is 2.72. The van der Waals surface area contributed by atoms with Gasteiger partial charge in [-0.1, -0.05) is 0 Å². The SMILES string of the molecule is C[C@]1(C#N)CCCN(C(=O)c2ccc(CO)o2)C1. The van der Waals surface area contributed by atoms with Crippen LogP contribution in [0.15, 0.2) is 16.5 Å². The van der Waals surface area contributed by atoms with E-state index in [9.17, 15) is 4.79 Å². The second-order valence-corrected chi connectivity index (χ2v) is 4.93. The van der Waals surface area contributed by atoms with Gasteiger partial charge in [-0.15, -0.1) is 0 Å². The largest absolute Gasteiger partial charge is 0.453 e. The van der Waals surface area contributed by atoms with Crippen molar-refractivity contribution in [2.24, 2.45) is 5.41 Å². The van der Waals surface area contributed by atoms with E-state index < -0.39 is 5.41 Å². The number of piperidine rings is 1. The smallest absolute Gasteiger partial charge is 0.289 e. The Balaban J connectivity index is 2.12. The van der Waals surface area contributed by atoms with Crippen LogP contribution in [-0.2, 0) is 6.61 Å². The summed E-state index contributed by atoms with van der Waals surface area (Å²) in [6, 6.07) is 5.41. The topological polar surface area (TPSA) is 77.5 Å². The molecule has 1 saturated heterocycles. The molecule has 1 fully saturated rings. The van der Waals surface area contributed by atoms with Crippen molar-refractivity contribution in [2.45, 2.75) is 26.4 Å². The number of hydrogen-bond acceptors (Lipinski definition) is 4. The van der Waals surface area contributed by atoms with Crippen molar-refractivity contribution in [1.82, 2.24) is 4.90 Å². The number of rotatable bonds is 2. The molecular formula is C13H16N2O3. The molecular weight excluding hydrogens is 232 g/mol. The molecule has 1 amide bonds. The lowest BCUT2D eigenvalue weighted by molar-refractivity contribution is 0.0594. The van der Waals surface area contributed by atoms with Crippen molar-refractivity contribution in [3.05, 3.63) is 23.7 Å². The molecule has 1 aliphatic rings. The number of furan rings is 1. The van der Waals surface area contributed by atoms with E-state index in [2.05, 4.69) is 6.07 Å². The zero-order valence-corrected chi connectivity index (χ0v) is 10.3. The monoisotopic (exact) mass is 248 g/mol. The fourth-order valence-corrected chi connectivity index (χ4v) is 2.24. The van der Waals surface area contributed by atoms with Gasteiger partial charge in [0.15, 0.2) is 5.76 Å². The molecule has 1 aromatic rings. The molecule has 1 aliphatic heterocycles. The number of hydrogen-bond donors (Lipinski definition) is 1. The number of nitriles is 1. The molecule has 0 saturated carbocycles. The molecule has 18 heavy (non-hydrogen) atoms. The summed E-state index contributed by atoms with van der Waals surface area (Å²) < 4.78 is 5.23. The molecule has 1 N–H and O–H groups in total. The lowest BCUT2D eigenvalue weighted by Gasteiger charge is -2.35. The molecule has 5 heteroatoms. The second-order valence-electron chi connectivity index (χ2n) is 4.93. The molecule has 2 rings (SSSR count). The van der Waals surface area contributed by atoms with Crippen LogP contribution in [0, 0.1) is 16.7 Å². The first-order valence-electron chi connectivity index (χ1n) is 5.98. The van der Waals surface area contributed by atoms with Gasteiger partial charge in [-0.3, -0.25) is 4.79 Å². The summed E-state index contributed by atoms with van der Waals surface area (Å²) in [4.78, 5) is 13.8. The van der Waals surface area contributed by atoms with Crippen LogP contribution in [0.5, 0.6) is 0 Å². The molecule has 0 aliphatic carbocycles. The Kier molecular flexibility index (Phi) is 3.39. The molecule has 1 atom stereocenters. The van der Waals surface area contributed by atoms with E-state index >= 15 is 0 Å². The van der Waals surface area contributed by atoms with Crippen molar-refractivity contribution in [1.29, 1.82) is 5.26 Å². The molecule has 0 aromatic carbocycles. The second kappa shape index (κ2) is 4.83. The zero-order valence-electron chi connectivity index (χ0n) is 10.3. The van der Waals surface area contributed by atoms with Crippen LogP contribution in [0.2, 0.25) is 0 Å². The van der Waals surface area contributed by atoms with Gasteiger partial charge in [0.25, 0.3) is 5.91 Å². The number of amides is 1. The van der Waals surface area contributed by atoms with Crippen LogP contribution in [0.1, 0.15) is 36.1 Å². The first-order valence-corrected chi connectivity index (χ1v) is 5.98. The Bertz CT molecular complexity index is 489. The average molecular weight is 248 g/mol. The molecule has 0 bridgehead atoms. The number of likely N-dealkylation sites (tertiary alicyclic amines) is 1. The van der Waals surface area contributed by atoms with E-state index in [1.807, 2.05) is 6.92 Å². The van der Waals surface area contributed by atoms with E-state index in [1.165, 1.54) is 0 Å². The average Bonchev–Trinajstić information content (AvgIpc) is 2.86. The molecule has 2 heterocycles. The third-order valence-electron chi connectivity index (χ3n) is 3.28. The minimum atomic E-state index is -0.472. The third-order valence-corrected chi connectivity index (χ3v) is 3.28. The first-order chi connectivity index (χ1) is 8.58. The summed E-state index contributed by atoms with van der Waals surface area (Å²) in [5.41, 5.74) is -0.472. The number of carbonyl (C=O) groups excluding carboxylic acids is 1. The minimum Gasteiger partial charge on any atom is -0.453 e. The minimum absolute atomic E-state index is 0.212. The van der Waals surface area contributed by atoms with Gasteiger partial charge in [-0.2, -0.15) is 5.26 Å². The Morgan fingerprint density at radius 1 is 1.67 bits per heavy atom. The van der Waals surface area contributed by atoms with Crippen molar-refractivity contribution >= 4 is 5.91 Å². The van der Waals surface area contributed by atoms with Gasteiger partial charge >= 0.3 is 0 Å². The summed E-state index contributed by atoms with van der Waals surface area (Å²) in [5.74, 6) is 0.385. The van der Waals surface area contributed by atoms with E-state index in [4.69, 9.17) is 14.8 Å². The van der Waals surface area contributed by atoms with Gasteiger partial charge in [-0.25, -0.2) is 0 Å². The summed E-state index contributed by atoms with van der Waals surface area (Å²) >= 11 is 0. The van der Waals surface area contributed by atoms with E-state index in [0.29, 0.717) is 18.8 Å². The predicted molar refractivity (Wildman–Crippen MR) is 63.5 cm³/mol. The third kappa shape index (κ3) is 2.39. The highest BCUT2D eigenvalue weighted by molar-refractivity contribution is 5.91. The van der Waals surface area contributed by atoms with Gasteiger partial charge in [0.2, 0.25) is 0 Å². The van der Waals surface area contributed by atoms with Crippen LogP contribution in [0.3, 0.4) is 0 Å². The van der Waals surface area contributed by atoms with Crippen molar-refractivity contribution < 1.29 is 14.3 Å². The summed E-state index contributed by atoms with van der Waals surface area (Å²) in [7, 11) is 0. The molecule has 0 spiro atoms. The maximum atomic E-state index is 12.2. The van der Waals surface area contributed by atoms with Crippen LogP contribution < -0.4 is 0 Å². The normalized spacial score (nSPS) is 23.7. The standard InChI is InChI=1S/C13H16N2O3/c1-13(8-14)5-2-6-15(9-13)12(17)11-4-3-10(7-16)18-11/h3-4,16H,2,5-7,9H2,1H3/t13-/m1/s1. The quantitative estimate of drug-likeness (QED) is 0.861.